The van der Waals surface area contributed by atoms with Crippen LogP contribution in [0.3, 0.4) is 0 Å². The Hall–Kier alpha value is -1.79. The molecule has 6 rings (SSSR count). The average molecular weight is 452 g/mol. The number of fused-ring (bicyclic) bond motifs is 6. The highest BCUT2D eigenvalue weighted by atomic mass is 32.1. The lowest BCUT2D eigenvalue weighted by Gasteiger charge is -2.31. The zero-order chi connectivity index (χ0) is 21.7. The van der Waals surface area contributed by atoms with Gasteiger partial charge in [-0.25, -0.2) is 0 Å². The molecule has 2 saturated heterocycles. The summed E-state index contributed by atoms with van der Waals surface area (Å²) >= 11 is 1.63. The van der Waals surface area contributed by atoms with Crippen molar-refractivity contribution in [2.75, 3.05) is 26.2 Å². The largest absolute Gasteiger partial charge is 0.303 e. The molecule has 0 spiro atoms. The van der Waals surface area contributed by atoms with Crippen LogP contribution in [0, 0.1) is 23.7 Å². The summed E-state index contributed by atoms with van der Waals surface area (Å²) in [7, 11) is 0. The number of benzene rings is 1. The van der Waals surface area contributed by atoms with E-state index in [0.717, 1.165) is 58.2 Å². The molecule has 1 aromatic heterocycles. The molecule has 5 nitrogen and oxygen atoms in total. The van der Waals surface area contributed by atoms with E-state index in [4.69, 9.17) is 4.37 Å². The van der Waals surface area contributed by atoms with Crippen LogP contribution in [0.15, 0.2) is 24.3 Å². The summed E-state index contributed by atoms with van der Waals surface area (Å²) in [6.45, 7) is 4.06. The molecule has 0 N–H and O–H groups in total. The maximum atomic E-state index is 12.8. The molecule has 0 radical (unpaired) electrons. The number of likely N-dealkylation sites (tertiary alicyclic amines) is 2. The molecule has 2 amide bonds. The first kappa shape index (κ1) is 20.8. The van der Waals surface area contributed by atoms with Gasteiger partial charge in [-0.05, 0) is 94.0 Å². The summed E-state index contributed by atoms with van der Waals surface area (Å²) in [5, 5.41) is 1.35. The van der Waals surface area contributed by atoms with E-state index in [1.807, 2.05) is 0 Å². The summed E-state index contributed by atoms with van der Waals surface area (Å²) in [4.78, 5) is 29.8. The lowest BCUT2D eigenvalue weighted by Crippen LogP contribution is -2.34. The van der Waals surface area contributed by atoms with Crippen molar-refractivity contribution in [2.24, 2.45) is 23.7 Å². The third kappa shape index (κ3) is 3.50. The molecule has 4 fully saturated rings. The number of hydrogen-bond acceptors (Lipinski definition) is 5. The molecule has 4 atom stereocenters. The highest BCUT2D eigenvalue weighted by Gasteiger charge is 2.60. The van der Waals surface area contributed by atoms with Crippen LogP contribution >= 0.6 is 11.5 Å². The van der Waals surface area contributed by atoms with Crippen LogP contribution in [-0.4, -0.2) is 52.2 Å². The zero-order valence-corrected chi connectivity index (χ0v) is 19.6. The topological polar surface area (TPSA) is 53.5 Å². The summed E-state index contributed by atoms with van der Waals surface area (Å²) in [6, 6.07) is 8.60. The number of imide groups is 1. The normalized spacial score (nSPS) is 30.7. The number of hydrogen-bond donors (Lipinski definition) is 0. The molecule has 2 aliphatic carbocycles. The quantitative estimate of drug-likeness (QED) is 0.453. The minimum absolute atomic E-state index is 0.0392. The summed E-state index contributed by atoms with van der Waals surface area (Å²) in [5.74, 6) is 1.97. The third-order valence-electron chi connectivity index (χ3n) is 8.75. The second-order valence-corrected chi connectivity index (χ2v) is 11.3. The fourth-order valence-corrected chi connectivity index (χ4v) is 7.96. The molecule has 1 aromatic carbocycles. The van der Waals surface area contributed by atoms with Crippen LogP contribution in [0.25, 0.3) is 10.1 Å². The maximum absolute atomic E-state index is 12.8. The minimum Gasteiger partial charge on any atom is -0.303 e. The van der Waals surface area contributed by atoms with E-state index in [-0.39, 0.29) is 23.7 Å². The zero-order valence-electron chi connectivity index (χ0n) is 18.7. The summed E-state index contributed by atoms with van der Waals surface area (Å²) < 4.78 is 6.08. The van der Waals surface area contributed by atoms with Gasteiger partial charge in [0, 0.05) is 17.8 Å². The summed E-state index contributed by atoms with van der Waals surface area (Å²) in [6.07, 6.45) is 9.02. The number of carbonyl (C=O) groups excluding carboxylic acids is 2. The fourth-order valence-electron chi connectivity index (χ4n) is 7.10. The van der Waals surface area contributed by atoms with Gasteiger partial charge in [-0.15, -0.1) is 0 Å². The van der Waals surface area contributed by atoms with Crippen molar-refractivity contribution in [1.82, 2.24) is 14.2 Å². The highest BCUT2D eigenvalue weighted by Crippen LogP contribution is 2.56. The van der Waals surface area contributed by atoms with Crippen molar-refractivity contribution in [3.63, 3.8) is 0 Å². The van der Waals surface area contributed by atoms with Gasteiger partial charge in [-0.2, -0.15) is 4.37 Å². The van der Waals surface area contributed by atoms with Gasteiger partial charge in [0.1, 0.15) is 0 Å². The molecular formula is C26H33N3O2S. The van der Waals surface area contributed by atoms with E-state index >= 15 is 0 Å². The van der Waals surface area contributed by atoms with E-state index < -0.39 is 0 Å². The predicted octanol–water partition coefficient (Wildman–Crippen LogP) is 4.68. The average Bonchev–Trinajstić information content (AvgIpc) is 3.59. The van der Waals surface area contributed by atoms with Crippen molar-refractivity contribution >= 4 is 33.4 Å². The van der Waals surface area contributed by atoms with Gasteiger partial charge >= 0.3 is 0 Å². The molecule has 2 aromatic rings. The maximum Gasteiger partial charge on any atom is 0.233 e. The second kappa shape index (κ2) is 8.53. The third-order valence-corrected chi connectivity index (χ3v) is 9.60. The molecule has 2 aliphatic heterocycles. The van der Waals surface area contributed by atoms with Crippen LogP contribution in [0.5, 0.6) is 0 Å². The minimum atomic E-state index is 0.0392. The first-order valence-corrected chi connectivity index (χ1v) is 13.4. The number of rotatable bonds is 7. The predicted molar refractivity (Wildman–Crippen MR) is 126 cm³/mol. The molecule has 2 bridgehead atoms. The second-order valence-electron chi connectivity index (χ2n) is 10.5. The molecule has 32 heavy (non-hydrogen) atoms. The van der Waals surface area contributed by atoms with Crippen LogP contribution in [0.4, 0.5) is 0 Å². The molecule has 6 heteroatoms. The van der Waals surface area contributed by atoms with Crippen LogP contribution in [-0.2, 0) is 9.59 Å². The SMILES string of the molecule is O=C1[C@@H]2[C@H]3CC[C@H](C3)[C@@H]2C(=O)N1CCCCCN1CCC(c2nsc3ccccc23)CC1. The Morgan fingerprint density at radius 2 is 1.56 bits per heavy atom. The highest BCUT2D eigenvalue weighted by molar-refractivity contribution is 7.13. The Kier molecular flexibility index (Phi) is 5.54. The molecular weight excluding hydrogens is 418 g/mol. The van der Waals surface area contributed by atoms with Crippen molar-refractivity contribution < 1.29 is 9.59 Å². The molecule has 2 saturated carbocycles. The first-order chi connectivity index (χ1) is 15.7. The Balaban J connectivity index is 0.928. The van der Waals surface area contributed by atoms with Gasteiger partial charge in [-0.1, -0.05) is 24.6 Å². The van der Waals surface area contributed by atoms with Gasteiger partial charge in [0.2, 0.25) is 11.8 Å². The van der Waals surface area contributed by atoms with E-state index in [9.17, 15) is 9.59 Å². The number of carbonyl (C=O) groups is 2. The van der Waals surface area contributed by atoms with Gasteiger partial charge in [0.15, 0.2) is 0 Å². The lowest BCUT2D eigenvalue weighted by molar-refractivity contribution is -0.140. The van der Waals surface area contributed by atoms with E-state index in [2.05, 4.69) is 29.2 Å². The van der Waals surface area contributed by atoms with Gasteiger partial charge in [0.25, 0.3) is 0 Å². The number of nitrogens with zero attached hydrogens (tertiary/aromatic N) is 3. The van der Waals surface area contributed by atoms with E-state index in [0.29, 0.717) is 24.3 Å². The Morgan fingerprint density at radius 1 is 0.875 bits per heavy atom. The van der Waals surface area contributed by atoms with Crippen LogP contribution in [0.2, 0.25) is 0 Å². The number of piperidine rings is 1. The smallest absolute Gasteiger partial charge is 0.233 e. The Labute approximate surface area is 194 Å². The molecule has 170 valence electrons. The number of aromatic nitrogens is 1. The number of unbranched alkanes of at least 4 members (excludes halogenated alkanes) is 2. The van der Waals surface area contributed by atoms with E-state index in [1.165, 1.54) is 28.6 Å². The van der Waals surface area contributed by atoms with Crippen LogP contribution in [0.1, 0.15) is 63.0 Å². The lowest BCUT2D eigenvalue weighted by atomic mass is 9.81. The van der Waals surface area contributed by atoms with Crippen LogP contribution < -0.4 is 0 Å². The van der Waals surface area contributed by atoms with Gasteiger partial charge in [0.05, 0.1) is 22.2 Å². The fraction of sp³-hybridized carbons (Fsp3) is 0.654. The van der Waals surface area contributed by atoms with E-state index in [1.54, 1.807) is 16.4 Å². The van der Waals surface area contributed by atoms with Crippen molar-refractivity contribution in [1.29, 1.82) is 0 Å². The van der Waals surface area contributed by atoms with Crippen molar-refractivity contribution in [3.8, 4) is 0 Å². The van der Waals surface area contributed by atoms with Crippen molar-refractivity contribution in [2.45, 2.75) is 57.3 Å². The Bertz CT molecular complexity index is 983. The first-order valence-electron chi connectivity index (χ1n) is 12.6. The standard InChI is InChI=1S/C26H33N3O2S/c30-25-22-18-8-9-19(16-18)23(22)26(31)29(25)13-5-1-4-12-28-14-10-17(11-15-28)24-20-6-2-3-7-21(20)32-27-24/h2-3,6-7,17-19,22-23H,1,4-5,8-16H2/t18-,19+,22+,23-. The molecule has 3 heterocycles. The molecule has 4 aliphatic rings. The Morgan fingerprint density at radius 3 is 2.31 bits per heavy atom. The monoisotopic (exact) mass is 451 g/mol. The summed E-state index contributed by atoms with van der Waals surface area (Å²) in [5.41, 5.74) is 1.31. The van der Waals surface area contributed by atoms with Crippen molar-refractivity contribution in [3.05, 3.63) is 30.0 Å². The molecule has 0 unspecified atom stereocenters. The van der Waals surface area contributed by atoms with Gasteiger partial charge in [-0.3, -0.25) is 14.5 Å². The van der Waals surface area contributed by atoms with Gasteiger partial charge < -0.3 is 4.90 Å². The number of amides is 2.